The summed E-state index contributed by atoms with van der Waals surface area (Å²) in [6, 6.07) is 6.63. The molecular formula is C24H33N. The summed E-state index contributed by atoms with van der Waals surface area (Å²) in [5.41, 5.74) is 16.5. The van der Waals surface area contributed by atoms with Crippen molar-refractivity contribution in [3.8, 4) is 0 Å². The normalized spacial score (nSPS) is 13.4. The Labute approximate surface area is 154 Å². The molecule has 0 aliphatic rings. The van der Waals surface area contributed by atoms with Gasteiger partial charge in [-0.05, 0) is 76.8 Å². The van der Waals surface area contributed by atoms with Crippen molar-refractivity contribution in [2.75, 3.05) is 0 Å². The molecule has 0 radical (unpaired) electrons. The topological polar surface area (TPSA) is 26.0 Å². The summed E-state index contributed by atoms with van der Waals surface area (Å²) in [6.07, 6.45) is 3.98. The van der Waals surface area contributed by atoms with Gasteiger partial charge in [0.05, 0.1) is 0 Å². The van der Waals surface area contributed by atoms with E-state index in [1.54, 1.807) is 0 Å². The third-order valence-electron chi connectivity index (χ3n) is 4.48. The number of hydrogen-bond acceptors (Lipinski definition) is 1. The Morgan fingerprint density at radius 3 is 2.04 bits per heavy atom. The lowest BCUT2D eigenvalue weighted by Crippen LogP contribution is -2.12. The average Bonchev–Trinajstić information content (AvgIpc) is 2.49. The van der Waals surface area contributed by atoms with Crippen LogP contribution in [-0.2, 0) is 0 Å². The van der Waals surface area contributed by atoms with Crippen molar-refractivity contribution >= 4 is 0 Å². The molecule has 1 unspecified atom stereocenters. The first-order valence-corrected chi connectivity index (χ1v) is 8.79. The highest BCUT2D eigenvalue weighted by molar-refractivity contribution is 5.56. The molecule has 1 aromatic carbocycles. The molecule has 0 aliphatic heterocycles. The van der Waals surface area contributed by atoms with Crippen LogP contribution in [0.2, 0.25) is 0 Å². The van der Waals surface area contributed by atoms with E-state index in [2.05, 4.69) is 72.1 Å². The Morgan fingerprint density at radius 2 is 1.64 bits per heavy atom. The highest BCUT2D eigenvalue weighted by Gasteiger charge is 2.25. The molecule has 1 nitrogen and oxygen atoms in total. The van der Waals surface area contributed by atoms with Crippen molar-refractivity contribution in [1.29, 1.82) is 0 Å². The molecule has 0 bridgehead atoms. The minimum absolute atomic E-state index is 0.0825. The highest BCUT2D eigenvalue weighted by Crippen LogP contribution is 2.41. The van der Waals surface area contributed by atoms with E-state index in [4.69, 9.17) is 5.73 Å². The van der Waals surface area contributed by atoms with Crippen LogP contribution in [0.3, 0.4) is 0 Å². The molecule has 0 spiro atoms. The van der Waals surface area contributed by atoms with Gasteiger partial charge >= 0.3 is 0 Å². The lowest BCUT2D eigenvalue weighted by Gasteiger charge is -2.28. The first-order chi connectivity index (χ1) is 11.6. The molecule has 0 heterocycles. The Balaban J connectivity index is 3.85. The second kappa shape index (κ2) is 8.71. The molecule has 1 rings (SSSR count). The Morgan fingerprint density at radius 1 is 1.04 bits per heavy atom. The minimum Gasteiger partial charge on any atom is -0.399 e. The average molecular weight is 336 g/mol. The van der Waals surface area contributed by atoms with E-state index in [9.17, 15) is 0 Å². The molecule has 0 amide bonds. The Hall–Kier alpha value is -2.28. The molecule has 0 saturated heterocycles. The number of nitrogens with two attached hydrogens (primary N) is 1. The van der Waals surface area contributed by atoms with Crippen LogP contribution in [0, 0.1) is 13.8 Å². The minimum atomic E-state index is 0.0825. The lowest BCUT2D eigenvalue weighted by molar-refractivity contribution is 0.902. The van der Waals surface area contributed by atoms with E-state index in [1.165, 1.54) is 27.8 Å². The van der Waals surface area contributed by atoms with Crippen LogP contribution in [0.15, 0.2) is 77.1 Å². The zero-order valence-corrected chi connectivity index (χ0v) is 17.0. The monoisotopic (exact) mass is 335 g/mol. The molecule has 1 aromatic rings. The third-order valence-corrected chi connectivity index (χ3v) is 4.48. The Kier molecular flexibility index (Phi) is 7.23. The van der Waals surface area contributed by atoms with Crippen molar-refractivity contribution in [2.45, 2.75) is 54.4 Å². The summed E-state index contributed by atoms with van der Waals surface area (Å²) in [6.45, 7) is 23.2. The van der Waals surface area contributed by atoms with Gasteiger partial charge in [0.15, 0.2) is 0 Å². The smallest absolute Gasteiger partial charge is 0.0347 e. The molecule has 2 N–H and O–H groups in total. The van der Waals surface area contributed by atoms with Crippen LogP contribution in [0.4, 0.5) is 0 Å². The number of benzene rings is 1. The van der Waals surface area contributed by atoms with Crippen LogP contribution < -0.4 is 5.73 Å². The van der Waals surface area contributed by atoms with Crippen molar-refractivity contribution in [2.24, 2.45) is 5.73 Å². The fraction of sp³-hybridized carbons (Fsp3) is 0.333. The fourth-order valence-electron chi connectivity index (χ4n) is 3.31. The maximum Gasteiger partial charge on any atom is 0.0347 e. The fourth-order valence-corrected chi connectivity index (χ4v) is 3.31. The second-order valence-electron chi connectivity index (χ2n) is 7.16. The van der Waals surface area contributed by atoms with Crippen molar-refractivity contribution in [3.05, 3.63) is 93.8 Å². The van der Waals surface area contributed by atoms with Gasteiger partial charge < -0.3 is 5.73 Å². The molecular weight excluding hydrogens is 302 g/mol. The zero-order valence-electron chi connectivity index (χ0n) is 17.0. The van der Waals surface area contributed by atoms with Gasteiger partial charge in [0.2, 0.25) is 0 Å². The van der Waals surface area contributed by atoms with Gasteiger partial charge in [-0.15, -0.1) is 0 Å². The van der Waals surface area contributed by atoms with Gasteiger partial charge in [0.1, 0.15) is 0 Å². The summed E-state index contributed by atoms with van der Waals surface area (Å²) in [7, 11) is 0. The largest absolute Gasteiger partial charge is 0.399 e. The molecule has 1 heteroatoms. The van der Waals surface area contributed by atoms with Crippen LogP contribution in [0.25, 0.3) is 0 Å². The third kappa shape index (κ3) is 5.09. The van der Waals surface area contributed by atoms with Crippen LogP contribution >= 0.6 is 0 Å². The maximum absolute atomic E-state index is 6.15. The summed E-state index contributed by atoms with van der Waals surface area (Å²) < 4.78 is 0. The van der Waals surface area contributed by atoms with E-state index in [0.29, 0.717) is 0 Å². The van der Waals surface area contributed by atoms with E-state index in [0.717, 1.165) is 22.4 Å². The Bertz CT molecular complexity index is 765. The lowest BCUT2D eigenvalue weighted by atomic mass is 9.76. The second-order valence-corrected chi connectivity index (χ2v) is 7.16. The maximum atomic E-state index is 6.15. The SMILES string of the molecule is C=C(C)C(=C(C)C)C(/C(=C/C(N)=CC)C(=C)C)c1ccc(C)cc1C. The van der Waals surface area contributed by atoms with E-state index >= 15 is 0 Å². The highest BCUT2D eigenvalue weighted by atomic mass is 14.6. The molecule has 1 atom stereocenters. The van der Waals surface area contributed by atoms with Gasteiger partial charge in [-0.1, -0.05) is 59.7 Å². The van der Waals surface area contributed by atoms with Crippen LogP contribution in [0.1, 0.15) is 57.2 Å². The van der Waals surface area contributed by atoms with Crippen LogP contribution in [0.5, 0.6) is 0 Å². The molecule has 25 heavy (non-hydrogen) atoms. The molecule has 0 aliphatic carbocycles. The summed E-state index contributed by atoms with van der Waals surface area (Å²) >= 11 is 0. The van der Waals surface area contributed by atoms with Gasteiger partial charge in [0.25, 0.3) is 0 Å². The quantitative estimate of drug-likeness (QED) is 0.578. The predicted octanol–water partition coefficient (Wildman–Crippen LogP) is 6.66. The number of aryl methyl sites for hydroxylation is 2. The van der Waals surface area contributed by atoms with Crippen molar-refractivity contribution in [1.82, 2.24) is 0 Å². The molecule has 0 saturated carbocycles. The summed E-state index contributed by atoms with van der Waals surface area (Å²) in [4.78, 5) is 0. The standard InChI is InChI=1S/C24H33N/c1-10-20(25)14-22(15(2)3)24(23(16(4)5)17(6)7)21-12-11-18(8)13-19(21)9/h10-14,24H,2,4,25H2,1,3,5-9H3/b20-10?,22-14+. The van der Waals surface area contributed by atoms with E-state index in [1.807, 2.05) is 19.9 Å². The van der Waals surface area contributed by atoms with E-state index < -0.39 is 0 Å². The van der Waals surface area contributed by atoms with Gasteiger partial charge in [-0.25, -0.2) is 0 Å². The van der Waals surface area contributed by atoms with E-state index in [-0.39, 0.29) is 5.92 Å². The van der Waals surface area contributed by atoms with Crippen molar-refractivity contribution < 1.29 is 0 Å². The van der Waals surface area contributed by atoms with Crippen molar-refractivity contribution in [3.63, 3.8) is 0 Å². The van der Waals surface area contributed by atoms with Gasteiger partial charge in [0, 0.05) is 11.6 Å². The summed E-state index contributed by atoms with van der Waals surface area (Å²) in [5.74, 6) is 0.0825. The van der Waals surface area contributed by atoms with Crippen LogP contribution in [-0.4, -0.2) is 0 Å². The predicted molar refractivity (Wildman–Crippen MR) is 113 cm³/mol. The number of hydrogen-bond donors (Lipinski definition) is 1. The molecule has 0 fully saturated rings. The zero-order chi connectivity index (χ0) is 19.3. The summed E-state index contributed by atoms with van der Waals surface area (Å²) in [5, 5.41) is 0. The molecule has 134 valence electrons. The van der Waals surface area contributed by atoms with Gasteiger partial charge in [-0.3, -0.25) is 0 Å². The molecule has 0 aromatic heterocycles. The first kappa shape index (κ1) is 20.8. The first-order valence-electron chi connectivity index (χ1n) is 8.79. The number of allylic oxidation sites excluding steroid dienone is 7. The number of rotatable bonds is 6. The van der Waals surface area contributed by atoms with Gasteiger partial charge in [-0.2, -0.15) is 0 Å².